The first kappa shape index (κ1) is 14.2. The second-order valence-corrected chi connectivity index (χ2v) is 5.27. The highest BCUT2D eigenvalue weighted by Crippen LogP contribution is 2.16. The predicted molar refractivity (Wildman–Crippen MR) is 73.1 cm³/mol. The van der Waals surface area contributed by atoms with E-state index in [9.17, 15) is 5.11 Å². The van der Waals surface area contributed by atoms with Gasteiger partial charge in [0.05, 0.1) is 5.60 Å². The van der Waals surface area contributed by atoms with Crippen molar-refractivity contribution in [3.63, 3.8) is 0 Å². The van der Waals surface area contributed by atoms with Crippen LogP contribution < -0.4 is 5.32 Å². The number of nitrogens with one attached hydrogen (secondary N) is 1. The molecule has 1 aromatic carbocycles. The Morgan fingerprint density at radius 3 is 2.41 bits per heavy atom. The molecule has 1 atom stereocenters. The van der Waals surface area contributed by atoms with Crippen molar-refractivity contribution in [3.8, 4) is 0 Å². The molecule has 2 heteroatoms. The number of hydrogen-bond acceptors (Lipinski definition) is 2. The van der Waals surface area contributed by atoms with Crippen molar-refractivity contribution >= 4 is 0 Å². The van der Waals surface area contributed by atoms with Gasteiger partial charge in [-0.25, -0.2) is 0 Å². The molecule has 17 heavy (non-hydrogen) atoms. The van der Waals surface area contributed by atoms with Gasteiger partial charge in [0.15, 0.2) is 0 Å². The highest BCUT2D eigenvalue weighted by molar-refractivity contribution is 5.17. The third kappa shape index (κ3) is 5.33. The third-order valence-electron chi connectivity index (χ3n) is 3.04. The molecule has 0 heterocycles. The van der Waals surface area contributed by atoms with E-state index in [4.69, 9.17) is 0 Å². The van der Waals surface area contributed by atoms with E-state index in [1.807, 2.05) is 25.1 Å². The molecule has 0 aliphatic heterocycles. The molecule has 0 saturated carbocycles. The standard InChI is InChI=1S/C15H25NO/c1-4-15(17,12-16-11-13(2)3)10-14-8-6-5-7-9-14/h5-9,13,16-17H,4,10-12H2,1-3H3. The van der Waals surface area contributed by atoms with E-state index < -0.39 is 5.60 Å². The van der Waals surface area contributed by atoms with Gasteiger partial charge in [-0.1, -0.05) is 51.1 Å². The van der Waals surface area contributed by atoms with Crippen LogP contribution in [0.25, 0.3) is 0 Å². The second kappa shape index (κ2) is 6.77. The lowest BCUT2D eigenvalue weighted by Crippen LogP contribution is -2.43. The minimum atomic E-state index is -0.629. The molecular formula is C15H25NO. The fourth-order valence-corrected chi connectivity index (χ4v) is 1.88. The minimum Gasteiger partial charge on any atom is -0.388 e. The topological polar surface area (TPSA) is 32.3 Å². The van der Waals surface area contributed by atoms with Gasteiger partial charge in [-0.2, -0.15) is 0 Å². The monoisotopic (exact) mass is 235 g/mol. The summed E-state index contributed by atoms with van der Waals surface area (Å²) in [5, 5.41) is 13.9. The maximum absolute atomic E-state index is 10.5. The molecule has 0 bridgehead atoms. The van der Waals surface area contributed by atoms with Crippen LogP contribution in [0, 0.1) is 5.92 Å². The molecule has 0 amide bonds. The number of hydrogen-bond donors (Lipinski definition) is 2. The fourth-order valence-electron chi connectivity index (χ4n) is 1.88. The van der Waals surface area contributed by atoms with Crippen molar-refractivity contribution in [2.24, 2.45) is 5.92 Å². The van der Waals surface area contributed by atoms with Crippen LogP contribution >= 0.6 is 0 Å². The van der Waals surface area contributed by atoms with E-state index in [0.29, 0.717) is 12.5 Å². The van der Waals surface area contributed by atoms with Gasteiger partial charge in [0.1, 0.15) is 0 Å². The van der Waals surface area contributed by atoms with Crippen LogP contribution in [0.4, 0.5) is 0 Å². The Kier molecular flexibility index (Phi) is 5.66. The molecule has 96 valence electrons. The normalized spacial score (nSPS) is 14.9. The maximum atomic E-state index is 10.5. The molecule has 0 aliphatic rings. The van der Waals surface area contributed by atoms with Gasteiger partial charge in [0, 0.05) is 13.0 Å². The van der Waals surface area contributed by atoms with Crippen molar-refractivity contribution in [1.82, 2.24) is 5.32 Å². The quantitative estimate of drug-likeness (QED) is 0.761. The molecule has 2 N–H and O–H groups in total. The number of benzene rings is 1. The molecule has 0 saturated heterocycles. The van der Waals surface area contributed by atoms with Crippen molar-refractivity contribution in [1.29, 1.82) is 0 Å². The highest BCUT2D eigenvalue weighted by Gasteiger charge is 2.24. The molecule has 0 radical (unpaired) electrons. The summed E-state index contributed by atoms with van der Waals surface area (Å²) in [6, 6.07) is 10.2. The Bertz CT molecular complexity index is 310. The van der Waals surface area contributed by atoms with Crippen LogP contribution in [0.15, 0.2) is 30.3 Å². The van der Waals surface area contributed by atoms with Crippen LogP contribution in [0.5, 0.6) is 0 Å². The summed E-state index contributed by atoms with van der Waals surface area (Å²) >= 11 is 0. The first-order valence-corrected chi connectivity index (χ1v) is 6.53. The maximum Gasteiger partial charge on any atom is 0.0809 e. The van der Waals surface area contributed by atoms with Gasteiger partial charge < -0.3 is 10.4 Å². The molecule has 0 aliphatic carbocycles. The first-order valence-electron chi connectivity index (χ1n) is 6.53. The minimum absolute atomic E-state index is 0.618. The number of aliphatic hydroxyl groups is 1. The van der Waals surface area contributed by atoms with E-state index >= 15 is 0 Å². The Morgan fingerprint density at radius 2 is 1.88 bits per heavy atom. The van der Waals surface area contributed by atoms with Gasteiger partial charge in [-0.15, -0.1) is 0 Å². The van der Waals surface area contributed by atoms with Gasteiger partial charge in [-0.3, -0.25) is 0 Å². The summed E-state index contributed by atoms with van der Waals surface area (Å²) < 4.78 is 0. The van der Waals surface area contributed by atoms with Gasteiger partial charge in [0.25, 0.3) is 0 Å². The van der Waals surface area contributed by atoms with Crippen LogP contribution in [0.2, 0.25) is 0 Å². The molecule has 1 rings (SSSR count). The zero-order valence-corrected chi connectivity index (χ0v) is 11.2. The third-order valence-corrected chi connectivity index (χ3v) is 3.04. The van der Waals surface area contributed by atoms with Gasteiger partial charge in [-0.05, 0) is 24.4 Å². The van der Waals surface area contributed by atoms with E-state index in [1.165, 1.54) is 5.56 Å². The zero-order valence-electron chi connectivity index (χ0n) is 11.2. The average molecular weight is 235 g/mol. The molecule has 2 nitrogen and oxygen atoms in total. The number of rotatable bonds is 7. The largest absolute Gasteiger partial charge is 0.388 e. The Balaban J connectivity index is 2.50. The molecule has 1 aromatic rings. The molecule has 0 fully saturated rings. The fraction of sp³-hybridized carbons (Fsp3) is 0.600. The summed E-state index contributed by atoms with van der Waals surface area (Å²) in [6.07, 6.45) is 1.49. The van der Waals surface area contributed by atoms with Crippen molar-refractivity contribution in [2.45, 2.75) is 39.2 Å². The SMILES string of the molecule is CCC(O)(CNCC(C)C)Cc1ccccc1. The second-order valence-electron chi connectivity index (χ2n) is 5.27. The van der Waals surface area contributed by atoms with Crippen molar-refractivity contribution in [3.05, 3.63) is 35.9 Å². The summed E-state index contributed by atoms with van der Waals surface area (Å²) in [4.78, 5) is 0. The summed E-state index contributed by atoms with van der Waals surface area (Å²) in [5.41, 5.74) is 0.569. The van der Waals surface area contributed by atoms with Crippen molar-refractivity contribution < 1.29 is 5.11 Å². The van der Waals surface area contributed by atoms with E-state index in [1.54, 1.807) is 0 Å². The Hall–Kier alpha value is -0.860. The first-order chi connectivity index (χ1) is 8.06. The molecular weight excluding hydrogens is 210 g/mol. The van der Waals surface area contributed by atoms with Gasteiger partial charge >= 0.3 is 0 Å². The lowest BCUT2D eigenvalue weighted by atomic mass is 9.91. The van der Waals surface area contributed by atoms with Crippen LogP contribution in [-0.4, -0.2) is 23.8 Å². The average Bonchev–Trinajstić information content (AvgIpc) is 2.30. The van der Waals surface area contributed by atoms with Crippen molar-refractivity contribution in [2.75, 3.05) is 13.1 Å². The smallest absolute Gasteiger partial charge is 0.0809 e. The van der Waals surface area contributed by atoms with E-state index in [-0.39, 0.29) is 0 Å². The predicted octanol–water partition coefficient (Wildman–Crippen LogP) is 2.62. The zero-order chi connectivity index (χ0) is 12.7. The molecule has 0 aromatic heterocycles. The Morgan fingerprint density at radius 1 is 1.24 bits per heavy atom. The summed E-state index contributed by atoms with van der Waals surface area (Å²) in [7, 11) is 0. The van der Waals surface area contributed by atoms with Crippen LogP contribution in [-0.2, 0) is 6.42 Å². The van der Waals surface area contributed by atoms with E-state index in [0.717, 1.165) is 19.4 Å². The van der Waals surface area contributed by atoms with Crippen LogP contribution in [0.1, 0.15) is 32.8 Å². The molecule has 1 unspecified atom stereocenters. The lowest BCUT2D eigenvalue weighted by Gasteiger charge is -2.28. The summed E-state index contributed by atoms with van der Waals surface area (Å²) in [5.74, 6) is 0.618. The van der Waals surface area contributed by atoms with Crippen LogP contribution in [0.3, 0.4) is 0 Å². The van der Waals surface area contributed by atoms with E-state index in [2.05, 4.69) is 31.3 Å². The summed E-state index contributed by atoms with van der Waals surface area (Å²) in [6.45, 7) is 8.01. The lowest BCUT2D eigenvalue weighted by molar-refractivity contribution is 0.0362. The molecule has 0 spiro atoms. The Labute approximate surface area is 105 Å². The van der Waals surface area contributed by atoms with Gasteiger partial charge in [0.2, 0.25) is 0 Å². The highest BCUT2D eigenvalue weighted by atomic mass is 16.3.